The fourth-order valence-electron chi connectivity index (χ4n) is 2.62. The Morgan fingerprint density at radius 2 is 2.28 bits per heavy atom. The molecule has 1 aromatic carbocycles. The van der Waals surface area contributed by atoms with Crippen LogP contribution in [0.5, 0.6) is 5.75 Å². The second-order valence-corrected chi connectivity index (χ2v) is 5.45. The molecule has 0 aliphatic heterocycles. The third kappa shape index (κ3) is 2.23. The first-order valence-electron chi connectivity index (χ1n) is 6.32. The van der Waals surface area contributed by atoms with Crippen molar-refractivity contribution >= 4 is 17.0 Å². The summed E-state index contributed by atoms with van der Waals surface area (Å²) in [7, 11) is 1.73. The second-order valence-electron chi connectivity index (χ2n) is 4.67. The van der Waals surface area contributed by atoms with E-state index in [9.17, 15) is 0 Å². The number of benzene rings is 1. The maximum atomic E-state index is 5.30. The van der Waals surface area contributed by atoms with Gasteiger partial charge < -0.3 is 10.1 Å². The molecule has 18 heavy (non-hydrogen) atoms. The fraction of sp³-hybridized carbons (Fsp3) is 0.333. The number of aryl methyl sites for hydroxylation is 1. The van der Waals surface area contributed by atoms with Gasteiger partial charge in [-0.2, -0.15) is 11.3 Å². The lowest BCUT2D eigenvalue weighted by Crippen LogP contribution is -2.17. The van der Waals surface area contributed by atoms with E-state index in [4.69, 9.17) is 4.74 Å². The summed E-state index contributed by atoms with van der Waals surface area (Å²) in [6, 6.07) is 9.03. The maximum absolute atomic E-state index is 5.30. The van der Waals surface area contributed by atoms with Gasteiger partial charge in [0.05, 0.1) is 13.2 Å². The van der Waals surface area contributed by atoms with Crippen LogP contribution < -0.4 is 10.1 Å². The summed E-state index contributed by atoms with van der Waals surface area (Å²) in [4.78, 5) is 0. The van der Waals surface area contributed by atoms with Crippen LogP contribution in [0.1, 0.15) is 30.0 Å². The standard InChI is InChI=1S/C15H17NOS/c1-17-13-5-6-14-11(9-13)3-2-4-15(14)16-12-7-8-18-10-12/h5-10,15-16H,2-4H2,1H3. The Morgan fingerprint density at radius 1 is 1.33 bits per heavy atom. The van der Waals surface area contributed by atoms with E-state index in [1.807, 2.05) is 0 Å². The number of rotatable bonds is 3. The van der Waals surface area contributed by atoms with Gasteiger partial charge in [-0.05, 0) is 54.0 Å². The van der Waals surface area contributed by atoms with Crippen molar-refractivity contribution in [3.8, 4) is 5.75 Å². The van der Waals surface area contributed by atoms with Crippen molar-refractivity contribution in [3.05, 3.63) is 46.2 Å². The highest BCUT2D eigenvalue weighted by atomic mass is 32.1. The first kappa shape index (κ1) is 11.6. The lowest BCUT2D eigenvalue weighted by atomic mass is 9.87. The van der Waals surface area contributed by atoms with Crippen LogP contribution in [0.2, 0.25) is 0 Å². The Morgan fingerprint density at radius 3 is 3.06 bits per heavy atom. The van der Waals surface area contributed by atoms with Gasteiger partial charge in [-0.25, -0.2) is 0 Å². The maximum Gasteiger partial charge on any atom is 0.119 e. The molecule has 1 aromatic heterocycles. The van der Waals surface area contributed by atoms with Crippen molar-refractivity contribution in [2.24, 2.45) is 0 Å². The molecule has 2 aromatic rings. The predicted octanol–water partition coefficient (Wildman–Crippen LogP) is 4.25. The lowest BCUT2D eigenvalue weighted by Gasteiger charge is -2.27. The summed E-state index contributed by atoms with van der Waals surface area (Å²) in [6.45, 7) is 0. The molecule has 3 heteroatoms. The van der Waals surface area contributed by atoms with Crippen molar-refractivity contribution in [1.82, 2.24) is 0 Å². The van der Waals surface area contributed by atoms with Crippen molar-refractivity contribution in [2.45, 2.75) is 25.3 Å². The van der Waals surface area contributed by atoms with Crippen molar-refractivity contribution < 1.29 is 4.74 Å². The molecule has 1 unspecified atom stereocenters. The molecule has 0 bridgehead atoms. The Balaban J connectivity index is 1.87. The van der Waals surface area contributed by atoms with Crippen LogP contribution in [0, 0.1) is 0 Å². The topological polar surface area (TPSA) is 21.3 Å². The molecule has 1 N–H and O–H groups in total. The van der Waals surface area contributed by atoms with Gasteiger partial charge in [-0.3, -0.25) is 0 Å². The first-order valence-corrected chi connectivity index (χ1v) is 7.26. The highest BCUT2D eigenvalue weighted by Gasteiger charge is 2.20. The summed E-state index contributed by atoms with van der Waals surface area (Å²) in [5, 5.41) is 7.90. The van der Waals surface area contributed by atoms with Crippen LogP contribution in [-0.4, -0.2) is 7.11 Å². The molecule has 0 saturated carbocycles. The summed E-state index contributed by atoms with van der Waals surface area (Å²) >= 11 is 1.73. The van der Waals surface area contributed by atoms with Gasteiger partial charge in [0.15, 0.2) is 0 Å². The van der Waals surface area contributed by atoms with Crippen LogP contribution in [0.25, 0.3) is 0 Å². The van der Waals surface area contributed by atoms with E-state index in [0.29, 0.717) is 6.04 Å². The van der Waals surface area contributed by atoms with Crippen LogP contribution in [0.4, 0.5) is 5.69 Å². The molecular formula is C15H17NOS. The summed E-state index contributed by atoms with van der Waals surface area (Å²) in [5.41, 5.74) is 4.08. The van der Waals surface area contributed by atoms with E-state index >= 15 is 0 Å². The van der Waals surface area contributed by atoms with E-state index in [0.717, 1.165) is 12.2 Å². The third-order valence-electron chi connectivity index (χ3n) is 3.53. The zero-order chi connectivity index (χ0) is 12.4. The Bertz CT molecular complexity index is 521. The molecule has 1 atom stereocenters. The number of anilines is 1. The average molecular weight is 259 g/mol. The van der Waals surface area contributed by atoms with Crippen molar-refractivity contribution in [2.75, 3.05) is 12.4 Å². The molecule has 0 amide bonds. The number of fused-ring (bicyclic) bond motifs is 1. The minimum Gasteiger partial charge on any atom is -0.497 e. The van der Waals surface area contributed by atoms with Crippen LogP contribution in [0.3, 0.4) is 0 Å². The van der Waals surface area contributed by atoms with E-state index in [2.05, 4.69) is 40.3 Å². The van der Waals surface area contributed by atoms with E-state index < -0.39 is 0 Å². The van der Waals surface area contributed by atoms with Gasteiger partial charge in [-0.15, -0.1) is 0 Å². The number of hydrogen-bond acceptors (Lipinski definition) is 3. The monoisotopic (exact) mass is 259 g/mol. The van der Waals surface area contributed by atoms with Crippen LogP contribution in [0.15, 0.2) is 35.0 Å². The minimum atomic E-state index is 0.439. The average Bonchev–Trinajstić information content (AvgIpc) is 2.91. The third-order valence-corrected chi connectivity index (χ3v) is 4.21. The van der Waals surface area contributed by atoms with E-state index in [-0.39, 0.29) is 0 Å². The number of methoxy groups -OCH3 is 1. The zero-order valence-electron chi connectivity index (χ0n) is 10.5. The van der Waals surface area contributed by atoms with Gasteiger partial charge >= 0.3 is 0 Å². The van der Waals surface area contributed by atoms with Gasteiger partial charge in [0.1, 0.15) is 5.75 Å². The van der Waals surface area contributed by atoms with E-state index in [1.165, 1.54) is 29.7 Å². The predicted molar refractivity (Wildman–Crippen MR) is 76.6 cm³/mol. The smallest absolute Gasteiger partial charge is 0.119 e. The summed E-state index contributed by atoms with van der Waals surface area (Å²) < 4.78 is 5.30. The minimum absolute atomic E-state index is 0.439. The zero-order valence-corrected chi connectivity index (χ0v) is 11.3. The Kier molecular flexibility index (Phi) is 3.24. The number of nitrogens with one attached hydrogen (secondary N) is 1. The number of thiophene rings is 1. The van der Waals surface area contributed by atoms with Gasteiger partial charge in [0.25, 0.3) is 0 Å². The molecular weight excluding hydrogens is 242 g/mol. The molecule has 0 fully saturated rings. The number of hydrogen-bond donors (Lipinski definition) is 1. The lowest BCUT2D eigenvalue weighted by molar-refractivity contribution is 0.413. The largest absolute Gasteiger partial charge is 0.497 e. The molecule has 1 heterocycles. The van der Waals surface area contributed by atoms with Crippen LogP contribution >= 0.6 is 11.3 Å². The fourth-order valence-corrected chi connectivity index (χ4v) is 3.21. The first-order chi connectivity index (χ1) is 8.86. The Labute approximate surface area is 112 Å². The molecule has 3 rings (SSSR count). The number of ether oxygens (including phenoxy) is 1. The normalized spacial score (nSPS) is 18.2. The SMILES string of the molecule is COc1ccc2c(c1)CCCC2Nc1ccsc1. The molecule has 1 aliphatic carbocycles. The Hall–Kier alpha value is -1.48. The van der Waals surface area contributed by atoms with Crippen molar-refractivity contribution in [3.63, 3.8) is 0 Å². The molecule has 0 saturated heterocycles. The molecule has 94 valence electrons. The summed E-state index contributed by atoms with van der Waals surface area (Å²) in [6.07, 6.45) is 3.60. The van der Waals surface area contributed by atoms with Gasteiger partial charge in [0, 0.05) is 11.1 Å². The van der Waals surface area contributed by atoms with Gasteiger partial charge in [0.2, 0.25) is 0 Å². The van der Waals surface area contributed by atoms with E-state index in [1.54, 1.807) is 18.4 Å². The van der Waals surface area contributed by atoms with Crippen molar-refractivity contribution in [1.29, 1.82) is 0 Å². The summed E-state index contributed by atoms with van der Waals surface area (Å²) in [5.74, 6) is 0.963. The second kappa shape index (κ2) is 5.02. The molecule has 2 nitrogen and oxygen atoms in total. The quantitative estimate of drug-likeness (QED) is 0.890. The highest BCUT2D eigenvalue weighted by Crippen LogP contribution is 2.34. The molecule has 1 aliphatic rings. The van der Waals surface area contributed by atoms with Gasteiger partial charge in [-0.1, -0.05) is 6.07 Å². The van der Waals surface area contributed by atoms with Crippen LogP contribution in [-0.2, 0) is 6.42 Å². The molecule has 0 spiro atoms. The highest BCUT2D eigenvalue weighted by molar-refractivity contribution is 7.08. The molecule has 0 radical (unpaired) electrons.